The maximum Gasteiger partial charge on any atom is 0.135 e. The molecule has 2 rings (SSSR count). The van der Waals surface area contributed by atoms with Crippen molar-refractivity contribution < 1.29 is 4.74 Å². The van der Waals surface area contributed by atoms with Gasteiger partial charge in [0.2, 0.25) is 0 Å². The number of hydrogen-bond acceptors (Lipinski definition) is 2. The molecule has 0 unspecified atom stereocenters. The number of aryl methyl sites for hydroxylation is 1. The van der Waals surface area contributed by atoms with Gasteiger partial charge in [0.05, 0.1) is 5.88 Å². The van der Waals surface area contributed by atoms with Gasteiger partial charge in [-0.15, -0.1) is 11.6 Å². The van der Waals surface area contributed by atoms with Crippen LogP contribution in [0.5, 0.6) is 11.5 Å². The van der Waals surface area contributed by atoms with E-state index in [4.69, 9.17) is 16.3 Å². The molecule has 0 bridgehead atoms. The predicted molar refractivity (Wildman–Crippen MR) is 79.1 cm³/mol. The summed E-state index contributed by atoms with van der Waals surface area (Å²) in [6, 6.07) is 10.1. The molecule has 0 aliphatic rings. The summed E-state index contributed by atoms with van der Waals surface area (Å²) < 4.78 is 5.95. The number of pyridine rings is 1. The lowest BCUT2D eigenvalue weighted by molar-refractivity contribution is 0.476. The van der Waals surface area contributed by atoms with Gasteiger partial charge in [0.15, 0.2) is 0 Å². The number of alkyl halides is 1. The molecule has 0 spiro atoms. The quantitative estimate of drug-likeness (QED) is 0.729. The third kappa shape index (κ3) is 3.48. The number of rotatable bonds is 4. The van der Waals surface area contributed by atoms with Gasteiger partial charge in [-0.1, -0.05) is 26.0 Å². The Hall–Kier alpha value is -1.54. The van der Waals surface area contributed by atoms with Crippen molar-refractivity contribution in [2.75, 3.05) is 0 Å². The molecule has 0 N–H and O–H groups in total. The highest BCUT2D eigenvalue weighted by Gasteiger charge is 2.07. The monoisotopic (exact) mass is 275 g/mol. The van der Waals surface area contributed by atoms with E-state index < -0.39 is 0 Å². The first-order valence-corrected chi connectivity index (χ1v) is 6.93. The molecule has 1 aromatic carbocycles. The Labute approximate surface area is 119 Å². The molecule has 0 amide bonds. The highest BCUT2D eigenvalue weighted by atomic mass is 35.5. The molecule has 0 aliphatic heterocycles. The zero-order valence-electron chi connectivity index (χ0n) is 11.5. The minimum Gasteiger partial charge on any atom is -0.457 e. The van der Waals surface area contributed by atoms with E-state index >= 15 is 0 Å². The fraction of sp³-hybridized carbons (Fsp3) is 0.312. The van der Waals surface area contributed by atoms with Gasteiger partial charge in [-0.25, -0.2) is 0 Å². The summed E-state index contributed by atoms with van der Waals surface area (Å²) in [5.74, 6) is 2.49. The van der Waals surface area contributed by atoms with Gasteiger partial charge in [-0.3, -0.25) is 4.98 Å². The molecule has 0 aliphatic carbocycles. The zero-order chi connectivity index (χ0) is 13.8. The van der Waals surface area contributed by atoms with Gasteiger partial charge < -0.3 is 4.74 Å². The van der Waals surface area contributed by atoms with E-state index in [0.29, 0.717) is 11.8 Å². The number of ether oxygens (including phenoxy) is 1. The van der Waals surface area contributed by atoms with Crippen molar-refractivity contribution in [1.82, 2.24) is 4.98 Å². The van der Waals surface area contributed by atoms with Crippen LogP contribution in [0.4, 0.5) is 0 Å². The van der Waals surface area contributed by atoms with Crippen molar-refractivity contribution in [1.29, 1.82) is 0 Å². The molecule has 0 saturated carbocycles. The van der Waals surface area contributed by atoms with Gasteiger partial charge in [0.1, 0.15) is 11.5 Å². The molecule has 3 heteroatoms. The van der Waals surface area contributed by atoms with Crippen LogP contribution >= 0.6 is 11.6 Å². The molecular weight excluding hydrogens is 258 g/mol. The highest BCUT2D eigenvalue weighted by molar-refractivity contribution is 6.17. The van der Waals surface area contributed by atoms with E-state index in [1.54, 1.807) is 6.20 Å². The first-order valence-electron chi connectivity index (χ1n) is 6.39. The standard InChI is InChI=1S/C16H18ClNO/c1-11(2)13-5-4-6-15(8-13)19-16-7-12(3)18-10-14(16)9-17/h4-8,10-11H,9H2,1-3H3. The molecule has 100 valence electrons. The van der Waals surface area contributed by atoms with Crippen LogP contribution in [0.15, 0.2) is 36.5 Å². The van der Waals surface area contributed by atoms with E-state index in [0.717, 1.165) is 22.8 Å². The molecule has 1 aromatic heterocycles. The summed E-state index contributed by atoms with van der Waals surface area (Å²) in [6.45, 7) is 6.27. The first-order chi connectivity index (χ1) is 9.10. The zero-order valence-corrected chi connectivity index (χ0v) is 12.2. The van der Waals surface area contributed by atoms with Crippen LogP contribution in [-0.2, 0) is 5.88 Å². The molecule has 2 aromatic rings. The number of benzene rings is 1. The van der Waals surface area contributed by atoms with E-state index in [1.165, 1.54) is 5.56 Å². The van der Waals surface area contributed by atoms with Crippen LogP contribution in [0.3, 0.4) is 0 Å². The lowest BCUT2D eigenvalue weighted by atomic mass is 10.0. The molecule has 0 saturated heterocycles. The molecule has 19 heavy (non-hydrogen) atoms. The summed E-state index contributed by atoms with van der Waals surface area (Å²) in [7, 11) is 0. The molecule has 0 atom stereocenters. The maximum atomic E-state index is 5.95. The number of halogens is 1. The van der Waals surface area contributed by atoms with Gasteiger partial charge >= 0.3 is 0 Å². The second-order valence-corrected chi connectivity index (χ2v) is 5.16. The molecular formula is C16H18ClNO. The summed E-state index contributed by atoms with van der Waals surface area (Å²) >= 11 is 5.91. The van der Waals surface area contributed by atoms with Gasteiger partial charge in [-0.05, 0) is 30.5 Å². The van der Waals surface area contributed by atoms with Crippen LogP contribution in [0, 0.1) is 6.92 Å². The van der Waals surface area contributed by atoms with E-state index in [-0.39, 0.29) is 0 Å². The molecule has 2 nitrogen and oxygen atoms in total. The van der Waals surface area contributed by atoms with Crippen LogP contribution in [-0.4, -0.2) is 4.98 Å². The predicted octanol–water partition coefficient (Wildman–Crippen LogP) is 5.04. The fourth-order valence-electron chi connectivity index (χ4n) is 1.82. The fourth-order valence-corrected chi connectivity index (χ4v) is 2.02. The summed E-state index contributed by atoms with van der Waals surface area (Å²) in [5, 5.41) is 0. The Bertz CT molecular complexity index is 566. The Balaban J connectivity index is 2.30. The minimum atomic E-state index is 0.395. The normalized spacial score (nSPS) is 10.8. The van der Waals surface area contributed by atoms with Crippen molar-refractivity contribution in [2.24, 2.45) is 0 Å². The number of nitrogens with zero attached hydrogens (tertiary/aromatic N) is 1. The van der Waals surface area contributed by atoms with Crippen molar-refractivity contribution in [3.05, 3.63) is 53.3 Å². The second kappa shape index (κ2) is 6.07. The SMILES string of the molecule is Cc1cc(Oc2cccc(C(C)C)c2)c(CCl)cn1. The molecule has 1 heterocycles. The summed E-state index contributed by atoms with van der Waals surface area (Å²) in [5.41, 5.74) is 3.08. The second-order valence-electron chi connectivity index (χ2n) is 4.90. The number of hydrogen-bond donors (Lipinski definition) is 0. The third-order valence-corrected chi connectivity index (χ3v) is 3.26. The summed E-state index contributed by atoms with van der Waals surface area (Å²) in [6.07, 6.45) is 1.77. The van der Waals surface area contributed by atoms with Crippen LogP contribution in [0.25, 0.3) is 0 Å². The topological polar surface area (TPSA) is 22.1 Å². The Kier molecular flexibility index (Phi) is 4.43. The third-order valence-electron chi connectivity index (χ3n) is 2.98. The average Bonchev–Trinajstić information content (AvgIpc) is 2.39. The van der Waals surface area contributed by atoms with Gasteiger partial charge in [0, 0.05) is 23.5 Å². The Morgan fingerprint density at radius 2 is 2.05 bits per heavy atom. The van der Waals surface area contributed by atoms with Gasteiger partial charge in [0.25, 0.3) is 0 Å². The maximum absolute atomic E-state index is 5.95. The minimum absolute atomic E-state index is 0.395. The van der Waals surface area contributed by atoms with Crippen molar-refractivity contribution in [3.8, 4) is 11.5 Å². The van der Waals surface area contributed by atoms with Gasteiger partial charge in [-0.2, -0.15) is 0 Å². The molecule has 0 radical (unpaired) electrons. The van der Waals surface area contributed by atoms with Crippen LogP contribution in [0.2, 0.25) is 0 Å². The first kappa shape index (κ1) is 13.9. The van der Waals surface area contributed by atoms with Crippen LogP contribution < -0.4 is 4.74 Å². The van der Waals surface area contributed by atoms with E-state index in [9.17, 15) is 0 Å². The van der Waals surface area contributed by atoms with E-state index in [1.807, 2.05) is 25.1 Å². The summed E-state index contributed by atoms with van der Waals surface area (Å²) in [4.78, 5) is 4.23. The highest BCUT2D eigenvalue weighted by Crippen LogP contribution is 2.28. The Morgan fingerprint density at radius 1 is 1.26 bits per heavy atom. The van der Waals surface area contributed by atoms with E-state index in [2.05, 4.69) is 31.0 Å². The lowest BCUT2D eigenvalue weighted by Crippen LogP contribution is -1.94. The number of aromatic nitrogens is 1. The average molecular weight is 276 g/mol. The van der Waals surface area contributed by atoms with Crippen LogP contribution in [0.1, 0.15) is 36.6 Å². The van der Waals surface area contributed by atoms with Crippen molar-refractivity contribution in [2.45, 2.75) is 32.6 Å². The Morgan fingerprint density at radius 3 is 2.74 bits per heavy atom. The largest absolute Gasteiger partial charge is 0.457 e. The van der Waals surface area contributed by atoms with Crippen molar-refractivity contribution in [3.63, 3.8) is 0 Å². The van der Waals surface area contributed by atoms with Crippen molar-refractivity contribution >= 4 is 11.6 Å². The lowest BCUT2D eigenvalue weighted by Gasteiger charge is -2.12. The molecule has 0 fully saturated rings. The smallest absolute Gasteiger partial charge is 0.135 e.